The minimum absolute atomic E-state index is 0.122. The second kappa shape index (κ2) is 7.05. The van der Waals surface area contributed by atoms with Gasteiger partial charge in [0.2, 0.25) is 5.91 Å². The summed E-state index contributed by atoms with van der Waals surface area (Å²) in [4.78, 5) is 11.4. The molecule has 19 heavy (non-hydrogen) atoms. The number of thioether (sulfide) groups is 1. The molecular weight excluding hydrogens is 260 g/mol. The monoisotopic (exact) mass is 284 g/mol. The molecule has 2 rings (SSSR count). The first-order valence-electron chi connectivity index (χ1n) is 7.01. The summed E-state index contributed by atoms with van der Waals surface area (Å²) in [5, 5.41) is 10.2. The molecule has 0 saturated carbocycles. The quantitative estimate of drug-likeness (QED) is 0.500. The van der Waals surface area contributed by atoms with Crippen LogP contribution in [0.3, 0.4) is 0 Å². The van der Waals surface area contributed by atoms with E-state index in [1.54, 1.807) is 0 Å². The van der Waals surface area contributed by atoms with Gasteiger partial charge in [0.1, 0.15) is 0 Å². The van der Waals surface area contributed by atoms with Crippen LogP contribution in [0, 0.1) is 0 Å². The predicted molar refractivity (Wildman–Crippen MR) is 79.8 cm³/mol. The van der Waals surface area contributed by atoms with Crippen LogP contribution in [0.4, 0.5) is 0 Å². The molecule has 5 nitrogen and oxygen atoms in total. The zero-order valence-corrected chi connectivity index (χ0v) is 12.1. The topological polar surface area (TPSA) is 79.2 Å². The van der Waals surface area contributed by atoms with E-state index in [1.165, 1.54) is 0 Å². The third kappa shape index (κ3) is 4.04. The average molecular weight is 284 g/mol. The Morgan fingerprint density at radius 3 is 3.11 bits per heavy atom. The van der Waals surface area contributed by atoms with Gasteiger partial charge < -0.3 is 21.7 Å². The van der Waals surface area contributed by atoms with Gasteiger partial charge in [-0.05, 0) is 12.8 Å². The normalized spacial score (nSPS) is 28.7. The SMILES string of the molecule is C=C1NC2CSC(CCCCC(=O)NCCN)C2N1. The molecule has 0 bridgehead atoms. The van der Waals surface area contributed by atoms with E-state index in [9.17, 15) is 4.79 Å². The Balaban J connectivity index is 1.59. The maximum atomic E-state index is 11.4. The third-order valence-electron chi connectivity index (χ3n) is 3.63. The maximum absolute atomic E-state index is 11.4. The number of rotatable bonds is 7. The summed E-state index contributed by atoms with van der Waals surface area (Å²) in [6, 6.07) is 1.05. The van der Waals surface area contributed by atoms with Gasteiger partial charge in [-0.3, -0.25) is 4.79 Å². The van der Waals surface area contributed by atoms with E-state index in [-0.39, 0.29) is 5.91 Å². The molecule has 2 saturated heterocycles. The zero-order chi connectivity index (χ0) is 13.7. The molecule has 2 aliphatic heterocycles. The van der Waals surface area contributed by atoms with Crippen molar-refractivity contribution in [2.45, 2.75) is 43.0 Å². The number of unbranched alkanes of at least 4 members (excludes halogenated alkanes) is 1. The summed E-state index contributed by atoms with van der Waals surface area (Å²) in [7, 11) is 0. The minimum atomic E-state index is 0.122. The lowest BCUT2D eigenvalue weighted by molar-refractivity contribution is -0.121. The molecule has 0 radical (unpaired) electrons. The molecule has 0 aromatic heterocycles. The molecule has 2 heterocycles. The first-order chi connectivity index (χ1) is 9.20. The van der Waals surface area contributed by atoms with E-state index >= 15 is 0 Å². The second-order valence-electron chi connectivity index (χ2n) is 5.16. The highest BCUT2D eigenvalue weighted by atomic mass is 32.2. The number of carbonyl (C=O) groups excluding carboxylic acids is 1. The molecule has 2 aliphatic rings. The lowest BCUT2D eigenvalue weighted by Gasteiger charge is -2.17. The molecule has 6 heteroatoms. The summed E-state index contributed by atoms with van der Waals surface area (Å²) in [6.45, 7) is 5.02. The smallest absolute Gasteiger partial charge is 0.220 e. The molecule has 3 unspecified atom stereocenters. The van der Waals surface area contributed by atoms with E-state index in [4.69, 9.17) is 5.73 Å². The number of amides is 1. The van der Waals surface area contributed by atoms with Crippen molar-refractivity contribution in [1.82, 2.24) is 16.0 Å². The Bertz CT molecular complexity index is 337. The molecule has 2 fully saturated rings. The second-order valence-corrected chi connectivity index (χ2v) is 6.43. The van der Waals surface area contributed by atoms with Crippen molar-refractivity contribution in [3.8, 4) is 0 Å². The maximum Gasteiger partial charge on any atom is 0.220 e. The Hall–Kier alpha value is -0.880. The van der Waals surface area contributed by atoms with Crippen LogP contribution in [-0.2, 0) is 4.79 Å². The fourth-order valence-corrected chi connectivity index (χ4v) is 4.22. The summed E-state index contributed by atoms with van der Waals surface area (Å²) < 4.78 is 0. The van der Waals surface area contributed by atoms with Gasteiger partial charge in [-0.25, -0.2) is 0 Å². The molecule has 1 amide bonds. The molecule has 0 spiro atoms. The minimum Gasteiger partial charge on any atom is -0.367 e. The van der Waals surface area contributed by atoms with Crippen molar-refractivity contribution in [3.05, 3.63) is 12.4 Å². The highest BCUT2D eigenvalue weighted by molar-refractivity contribution is 8.00. The van der Waals surface area contributed by atoms with Crippen molar-refractivity contribution >= 4 is 17.7 Å². The largest absolute Gasteiger partial charge is 0.367 e. The van der Waals surface area contributed by atoms with Crippen molar-refractivity contribution in [2.75, 3.05) is 18.8 Å². The molecule has 0 aromatic carbocycles. The number of hydrogen-bond donors (Lipinski definition) is 4. The Labute approximate surface area is 119 Å². The van der Waals surface area contributed by atoms with E-state index in [0.717, 1.165) is 30.8 Å². The van der Waals surface area contributed by atoms with Gasteiger partial charge in [0.05, 0.1) is 17.9 Å². The Morgan fingerprint density at radius 1 is 1.47 bits per heavy atom. The number of nitrogens with one attached hydrogen (secondary N) is 3. The molecule has 3 atom stereocenters. The van der Waals surface area contributed by atoms with Crippen molar-refractivity contribution in [1.29, 1.82) is 0 Å². The van der Waals surface area contributed by atoms with Gasteiger partial charge >= 0.3 is 0 Å². The van der Waals surface area contributed by atoms with Crippen LogP contribution in [0.1, 0.15) is 25.7 Å². The summed E-state index contributed by atoms with van der Waals surface area (Å²) in [6.07, 6.45) is 3.84. The Morgan fingerprint density at radius 2 is 2.32 bits per heavy atom. The summed E-state index contributed by atoms with van der Waals surface area (Å²) >= 11 is 2.03. The van der Waals surface area contributed by atoms with Crippen molar-refractivity contribution < 1.29 is 4.79 Å². The van der Waals surface area contributed by atoms with E-state index in [1.807, 2.05) is 11.8 Å². The highest BCUT2D eigenvalue weighted by Crippen LogP contribution is 2.34. The van der Waals surface area contributed by atoms with Crippen LogP contribution >= 0.6 is 11.8 Å². The van der Waals surface area contributed by atoms with Gasteiger partial charge in [0.25, 0.3) is 0 Å². The van der Waals surface area contributed by atoms with E-state index in [2.05, 4.69) is 22.5 Å². The summed E-state index contributed by atoms with van der Waals surface area (Å²) in [5.74, 6) is 2.23. The van der Waals surface area contributed by atoms with E-state index in [0.29, 0.717) is 36.8 Å². The van der Waals surface area contributed by atoms with Crippen LogP contribution in [0.15, 0.2) is 12.4 Å². The molecule has 5 N–H and O–H groups in total. The zero-order valence-electron chi connectivity index (χ0n) is 11.3. The fraction of sp³-hybridized carbons (Fsp3) is 0.769. The van der Waals surface area contributed by atoms with Gasteiger partial charge in [0, 0.05) is 30.5 Å². The van der Waals surface area contributed by atoms with Crippen LogP contribution in [0.2, 0.25) is 0 Å². The van der Waals surface area contributed by atoms with Crippen LogP contribution in [0.5, 0.6) is 0 Å². The standard InChI is InChI=1S/C13H24N4OS/c1-9-16-10-8-19-11(13(10)17-9)4-2-3-5-12(18)15-7-6-14/h10-11,13,16-17H,1-8,14H2,(H,15,18). The number of hydrogen-bond acceptors (Lipinski definition) is 5. The van der Waals surface area contributed by atoms with Crippen molar-refractivity contribution in [2.24, 2.45) is 5.73 Å². The molecular formula is C13H24N4OS. The van der Waals surface area contributed by atoms with E-state index < -0.39 is 0 Å². The molecule has 108 valence electrons. The number of fused-ring (bicyclic) bond motifs is 1. The van der Waals surface area contributed by atoms with Crippen molar-refractivity contribution in [3.63, 3.8) is 0 Å². The lowest BCUT2D eigenvalue weighted by atomic mass is 10.0. The van der Waals surface area contributed by atoms with Gasteiger partial charge in [-0.15, -0.1) is 0 Å². The number of carbonyl (C=O) groups is 1. The molecule has 0 aliphatic carbocycles. The molecule has 0 aromatic rings. The lowest BCUT2D eigenvalue weighted by Crippen LogP contribution is -2.36. The average Bonchev–Trinajstić information content (AvgIpc) is 2.92. The van der Waals surface area contributed by atoms with Gasteiger partial charge in [-0.2, -0.15) is 11.8 Å². The van der Waals surface area contributed by atoms with Crippen LogP contribution in [0.25, 0.3) is 0 Å². The third-order valence-corrected chi connectivity index (χ3v) is 5.14. The first kappa shape index (κ1) is 14.5. The van der Waals surface area contributed by atoms with Crippen LogP contribution < -0.4 is 21.7 Å². The fourth-order valence-electron chi connectivity index (χ4n) is 2.68. The highest BCUT2D eigenvalue weighted by Gasteiger charge is 2.40. The first-order valence-corrected chi connectivity index (χ1v) is 8.06. The summed E-state index contributed by atoms with van der Waals surface area (Å²) in [5.41, 5.74) is 5.34. The van der Waals surface area contributed by atoms with Gasteiger partial charge in [-0.1, -0.05) is 13.0 Å². The Kier molecular flexibility index (Phi) is 5.39. The van der Waals surface area contributed by atoms with Crippen LogP contribution in [-0.4, -0.2) is 42.1 Å². The number of nitrogens with two attached hydrogens (primary N) is 1. The van der Waals surface area contributed by atoms with Gasteiger partial charge in [0.15, 0.2) is 0 Å². The predicted octanol–water partition coefficient (Wildman–Crippen LogP) is 0.138.